The Morgan fingerprint density at radius 1 is 0.679 bits per heavy atom. The van der Waals surface area contributed by atoms with Crippen molar-refractivity contribution < 1.29 is 0 Å². The Hall–Kier alpha value is -0.780. The van der Waals surface area contributed by atoms with Gasteiger partial charge in [0.05, 0.1) is 0 Å². The van der Waals surface area contributed by atoms with E-state index in [2.05, 4.69) is 26.2 Å². The minimum absolute atomic E-state index is 1.21. The zero-order valence-electron chi connectivity index (χ0n) is 19.5. The summed E-state index contributed by atoms with van der Waals surface area (Å²) in [5, 5.41) is 0. The summed E-state index contributed by atoms with van der Waals surface area (Å²) in [6.07, 6.45) is 35.9. The second-order valence-corrected chi connectivity index (χ2v) is 8.61. The molecule has 0 aliphatic heterocycles. The third-order valence-corrected chi connectivity index (χ3v) is 5.85. The van der Waals surface area contributed by atoms with Gasteiger partial charge in [0.15, 0.2) is 0 Å². The lowest BCUT2D eigenvalue weighted by molar-refractivity contribution is 0.530. The van der Waals surface area contributed by atoms with Gasteiger partial charge in [-0.3, -0.25) is 0 Å². The number of allylic oxidation sites excluding steroid dienone is 4. The van der Waals surface area contributed by atoms with Crippen LogP contribution in [0.15, 0.2) is 37.0 Å². The Balaban J connectivity index is 0.000000749. The fourth-order valence-electron chi connectivity index (χ4n) is 3.89. The molecule has 28 heavy (non-hydrogen) atoms. The van der Waals surface area contributed by atoms with E-state index in [1.54, 1.807) is 0 Å². The predicted molar refractivity (Wildman–Crippen MR) is 131 cm³/mol. The van der Waals surface area contributed by atoms with Gasteiger partial charge in [-0.05, 0) is 38.5 Å². The highest BCUT2D eigenvalue weighted by Gasteiger charge is 1.97. The quantitative estimate of drug-likeness (QED) is 0.162. The van der Waals surface area contributed by atoms with Gasteiger partial charge >= 0.3 is 0 Å². The number of hydrogen-bond acceptors (Lipinski definition) is 0. The third-order valence-electron chi connectivity index (χ3n) is 5.85. The zero-order chi connectivity index (χ0) is 20.5. The van der Waals surface area contributed by atoms with E-state index in [-0.39, 0.29) is 0 Å². The standard InChI is InChI=1S/C20H40.C8H12/c1-3-5-7-9-11-13-15-17-19-20-18-16-14-12-10-8-6-4-2;1-2-8-6-4-3-5-7-8/h3H,1,4-20H2,2H3;2,6H,1,3-5,7H2. The van der Waals surface area contributed by atoms with Gasteiger partial charge in [0.1, 0.15) is 0 Å². The highest BCUT2D eigenvalue weighted by atomic mass is 14.0. The summed E-state index contributed by atoms with van der Waals surface area (Å²) in [6.45, 7) is 9.78. The Labute approximate surface area is 179 Å². The van der Waals surface area contributed by atoms with Crippen molar-refractivity contribution in [3.05, 3.63) is 37.0 Å². The Kier molecular flexibility index (Phi) is 23.6. The number of unbranched alkanes of at least 4 members (excludes halogenated alkanes) is 16. The lowest BCUT2D eigenvalue weighted by Gasteiger charge is -2.06. The first kappa shape index (κ1) is 27.2. The van der Waals surface area contributed by atoms with Crippen molar-refractivity contribution in [3.8, 4) is 0 Å². The molecule has 0 N–H and O–H groups in total. The van der Waals surface area contributed by atoms with Gasteiger partial charge in [0.25, 0.3) is 0 Å². The zero-order valence-corrected chi connectivity index (χ0v) is 19.5. The maximum absolute atomic E-state index is 3.77. The molecule has 1 aliphatic rings. The molecule has 0 heterocycles. The average molecular weight is 389 g/mol. The smallest absolute Gasteiger partial charge is 0.0282 e. The SMILES string of the molecule is C=CC1=CCCCC1.C=CCCCCCCCCCCCCCCCCCC. The largest absolute Gasteiger partial charge is 0.103 e. The molecule has 0 spiro atoms. The molecule has 0 amide bonds. The van der Waals surface area contributed by atoms with Gasteiger partial charge in [-0.25, -0.2) is 0 Å². The summed E-state index contributed by atoms with van der Waals surface area (Å²) in [7, 11) is 0. The fraction of sp³-hybridized carbons (Fsp3) is 0.786. The third kappa shape index (κ3) is 21.5. The van der Waals surface area contributed by atoms with Crippen molar-refractivity contribution in [1.29, 1.82) is 0 Å². The molecular formula is C28H52. The molecule has 0 atom stereocenters. The molecule has 1 rings (SSSR count). The van der Waals surface area contributed by atoms with Crippen LogP contribution in [0.1, 0.15) is 142 Å². The highest BCUT2D eigenvalue weighted by Crippen LogP contribution is 2.17. The minimum atomic E-state index is 1.21. The molecule has 0 aromatic heterocycles. The number of rotatable bonds is 18. The van der Waals surface area contributed by atoms with Crippen LogP contribution in [0, 0.1) is 0 Å². The van der Waals surface area contributed by atoms with E-state index in [0.29, 0.717) is 0 Å². The first-order valence-corrected chi connectivity index (χ1v) is 12.8. The van der Waals surface area contributed by atoms with Crippen molar-refractivity contribution in [2.24, 2.45) is 0 Å². The maximum atomic E-state index is 3.77. The molecule has 0 aromatic rings. The monoisotopic (exact) mass is 388 g/mol. The van der Waals surface area contributed by atoms with Crippen molar-refractivity contribution in [3.63, 3.8) is 0 Å². The van der Waals surface area contributed by atoms with Crippen molar-refractivity contribution in [2.75, 3.05) is 0 Å². The van der Waals surface area contributed by atoms with E-state index in [1.165, 1.54) is 140 Å². The van der Waals surface area contributed by atoms with Gasteiger partial charge in [0, 0.05) is 0 Å². The van der Waals surface area contributed by atoms with E-state index in [0.717, 1.165) is 0 Å². The molecular weight excluding hydrogens is 336 g/mol. The molecule has 0 saturated heterocycles. The topological polar surface area (TPSA) is 0 Å². The molecule has 0 bridgehead atoms. The maximum Gasteiger partial charge on any atom is -0.0282 e. The van der Waals surface area contributed by atoms with Crippen LogP contribution in [-0.4, -0.2) is 0 Å². The summed E-state index contributed by atoms with van der Waals surface area (Å²) in [4.78, 5) is 0. The molecule has 1 aliphatic carbocycles. The van der Waals surface area contributed by atoms with Crippen LogP contribution < -0.4 is 0 Å². The molecule has 0 unspecified atom stereocenters. The first-order valence-electron chi connectivity index (χ1n) is 12.8. The normalized spacial score (nSPS) is 13.4. The summed E-state index contributed by atoms with van der Waals surface area (Å²) >= 11 is 0. The highest BCUT2D eigenvalue weighted by molar-refractivity contribution is 5.17. The molecule has 0 aromatic carbocycles. The molecule has 0 fully saturated rings. The van der Waals surface area contributed by atoms with Crippen LogP contribution in [0.25, 0.3) is 0 Å². The molecule has 164 valence electrons. The van der Waals surface area contributed by atoms with Crippen LogP contribution in [0.2, 0.25) is 0 Å². The van der Waals surface area contributed by atoms with E-state index >= 15 is 0 Å². The minimum Gasteiger partial charge on any atom is -0.103 e. The fourth-order valence-corrected chi connectivity index (χ4v) is 3.89. The van der Waals surface area contributed by atoms with Crippen molar-refractivity contribution in [1.82, 2.24) is 0 Å². The second-order valence-electron chi connectivity index (χ2n) is 8.61. The van der Waals surface area contributed by atoms with Crippen LogP contribution in [0.5, 0.6) is 0 Å². The summed E-state index contributed by atoms with van der Waals surface area (Å²) in [5.41, 5.74) is 1.44. The Bertz CT molecular complexity index is 349. The lowest BCUT2D eigenvalue weighted by atomic mass is 10.0. The van der Waals surface area contributed by atoms with Gasteiger partial charge in [-0.2, -0.15) is 0 Å². The Morgan fingerprint density at radius 2 is 1.14 bits per heavy atom. The van der Waals surface area contributed by atoms with Crippen LogP contribution in [0.3, 0.4) is 0 Å². The van der Waals surface area contributed by atoms with E-state index < -0.39 is 0 Å². The van der Waals surface area contributed by atoms with Gasteiger partial charge in [0.2, 0.25) is 0 Å². The molecule has 0 nitrogen and oxygen atoms in total. The van der Waals surface area contributed by atoms with Crippen molar-refractivity contribution in [2.45, 2.75) is 142 Å². The van der Waals surface area contributed by atoms with Gasteiger partial charge in [-0.1, -0.05) is 134 Å². The first-order chi connectivity index (χ1) is 13.8. The summed E-state index contributed by atoms with van der Waals surface area (Å²) in [5.74, 6) is 0. The predicted octanol–water partition coefficient (Wildman–Crippen LogP) is 10.5. The number of hydrogen-bond donors (Lipinski definition) is 0. The molecule has 0 radical (unpaired) electrons. The van der Waals surface area contributed by atoms with E-state index in [9.17, 15) is 0 Å². The van der Waals surface area contributed by atoms with Crippen LogP contribution >= 0.6 is 0 Å². The van der Waals surface area contributed by atoms with Gasteiger partial charge in [-0.15, -0.1) is 6.58 Å². The molecule has 0 saturated carbocycles. The summed E-state index contributed by atoms with van der Waals surface area (Å²) < 4.78 is 0. The van der Waals surface area contributed by atoms with E-state index in [4.69, 9.17) is 0 Å². The van der Waals surface area contributed by atoms with Crippen molar-refractivity contribution >= 4 is 0 Å². The van der Waals surface area contributed by atoms with Gasteiger partial charge < -0.3 is 0 Å². The van der Waals surface area contributed by atoms with E-state index in [1.807, 2.05) is 12.2 Å². The Morgan fingerprint density at radius 3 is 1.46 bits per heavy atom. The molecule has 0 heteroatoms. The summed E-state index contributed by atoms with van der Waals surface area (Å²) in [6, 6.07) is 0. The second kappa shape index (κ2) is 24.3. The lowest BCUT2D eigenvalue weighted by Crippen LogP contribution is -1.86. The average Bonchev–Trinajstić information content (AvgIpc) is 2.74. The van der Waals surface area contributed by atoms with Crippen LogP contribution in [-0.2, 0) is 0 Å². The van der Waals surface area contributed by atoms with Crippen LogP contribution in [0.4, 0.5) is 0 Å².